The molecule has 0 aliphatic carbocycles. The molecule has 174 valence electrons. The topological polar surface area (TPSA) is 88.9 Å². The van der Waals surface area contributed by atoms with Crippen LogP contribution in [0, 0.1) is 6.92 Å². The first kappa shape index (κ1) is 22.9. The minimum atomic E-state index is -0.392. The monoisotopic (exact) mass is 451 g/mol. The number of carbonyl (C=O) groups is 1. The zero-order chi connectivity index (χ0) is 23.4. The van der Waals surface area contributed by atoms with Gasteiger partial charge in [0, 0.05) is 38.3 Å². The van der Waals surface area contributed by atoms with Crippen molar-refractivity contribution in [1.29, 1.82) is 0 Å². The van der Waals surface area contributed by atoms with Gasteiger partial charge in [-0.15, -0.1) is 0 Å². The molecule has 9 nitrogen and oxygen atoms in total. The summed E-state index contributed by atoms with van der Waals surface area (Å²) in [5, 5.41) is 0.459. The maximum atomic E-state index is 13.3. The van der Waals surface area contributed by atoms with Crippen molar-refractivity contribution in [1.82, 2.24) is 24.8 Å². The number of aromatic nitrogens is 2. The highest BCUT2D eigenvalue weighted by atomic mass is 16.6. The van der Waals surface area contributed by atoms with E-state index in [9.17, 15) is 9.59 Å². The molecule has 1 aromatic heterocycles. The number of nitrogens with one attached hydrogen (secondary N) is 1. The molecule has 0 spiro atoms. The third-order valence-electron chi connectivity index (χ3n) is 5.93. The van der Waals surface area contributed by atoms with E-state index in [2.05, 4.69) is 27.3 Å². The van der Waals surface area contributed by atoms with Crippen molar-refractivity contribution in [3.63, 3.8) is 0 Å². The molecule has 2 aromatic carbocycles. The first-order valence-corrected chi connectivity index (χ1v) is 11.0. The van der Waals surface area contributed by atoms with E-state index in [-0.39, 0.29) is 5.56 Å². The molecule has 1 aliphatic rings. The van der Waals surface area contributed by atoms with Crippen molar-refractivity contribution in [2.24, 2.45) is 0 Å². The highest BCUT2D eigenvalue weighted by molar-refractivity contribution is 5.94. The van der Waals surface area contributed by atoms with Crippen LogP contribution in [0.25, 0.3) is 16.6 Å². The average Bonchev–Trinajstić information content (AvgIpc) is 2.82. The third kappa shape index (κ3) is 5.22. The molecule has 0 radical (unpaired) electrons. The van der Waals surface area contributed by atoms with E-state index in [0.717, 1.165) is 38.3 Å². The molecule has 1 fully saturated rings. The molecule has 1 amide bonds. The lowest BCUT2D eigenvalue weighted by molar-refractivity contribution is 0.0537. The lowest BCUT2D eigenvalue weighted by atomic mass is 10.1. The van der Waals surface area contributed by atoms with E-state index in [4.69, 9.17) is 9.57 Å². The number of nitrogens with zero attached hydrogens (tertiary/aromatic N) is 4. The van der Waals surface area contributed by atoms with Gasteiger partial charge in [-0.25, -0.2) is 10.5 Å². The highest BCUT2D eigenvalue weighted by Gasteiger charge is 2.15. The molecule has 1 saturated heterocycles. The molecular formula is C24H29N5O4. The molecule has 4 rings (SSSR count). The fourth-order valence-electron chi connectivity index (χ4n) is 3.89. The molecule has 0 atom stereocenters. The van der Waals surface area contributed by atoms with Crippen molar-refractivity contribution in [3.8, 4) is 11.4 Å². The van der Waals surface area contributed by atoms with Gasteiger partial charge in [0.05, 0.1) is 23.7 Å². The fraction of sp³-hybridized carbons (Fsp3) is 0.375. The largest absolute Gasteiger partial charge is 0.492 e. The van der Waals surface area contributed by atoms with Crippen LogP contribution in [0.15, 0.2) is 47.5 Å². The van der Waals surface area contributed by atoms with Gasteiger partial charge in [-0.2, -0.15) is 0 Å². The van der Waals surface area contributed by atoms with E-state index in [1.165, 1.54) is 18.0 Å². The van der Waals surface area contributed by atoms with Crippen LogP contribution in [0.2, 0.25) is 0 Å². The first-order chi connectivity index (χ1) is 16.0. The standard InChI is InChI=1S/C24H29N5O4/c1-17-4-5-18(23(30)26-32-3)14-22(17)29-16-25-21-7-6-19(15-20(21)24(29)31)33-13-12-28-10-8-27(2)9-11-28/h4-7,14-16H,8-13H2,1-3H3,(H,26,30). The third-order valence-corrected chi connectivity index (χ3v) is 5.93. The maximum Gasteiger partial charge on any atom is 0.274 e. The summed E-state index contributed by atoms with van der Waals surface area (Å²) in [6, 6.07) is 10.5. The molecular weight excluding hydrogens is 422 g/mol. The van der Waals surface area contributed by atoms with Gasteiger partial charge in [-0.05, 0) is 49.9 Å². The molecule has 0 bridgehead atoms. The maximum absolute atomic E-state index is 13.3. The number of ether oxygens (including phenoxy) is 1. The quantitative estimate of drug-likeness (QED) is 0.546. The highest BCUT2D eigenvalue weighted by Crippen LogP contribution is 2.19. The normalized spacial score (nSPS) is 15.0. The second-order valence-electron chi connectivity index (χ2n) is 8.23. The van der Waals surface area contributed by atoms with Gasteiger partial charge in [-0.3, -0.25) is 23.9 Å². The lowest BCUT2D eigenvalue weighted by Gasteiger charge is -2.32. The predicted octanol–water partition coefficient (Wildman–Crippen LogP) is 1.61. The van der Waals surface area contributed by atoms with Crippen molar-refractivity contribution in [3.05, 3.63) is 64.2 Å². The van der Waals surface area contributed by atoms with Crippen LogP contribution < -0.4 is 15.8 Å². The minimum Gasteiger partial charge on any atom is -0.492 e. The molecule has 2 heterocycles. The van der Waals surface area contributed by atoms with Crippen molar-refractivity contribution in [2.45, 2.75) is 6.92 Å². The van der Waals surface area contributed by atoms with Crippen molar-refractivity contribution < 1.29 is 14.4 Å². The lowest BCUT2D eigenvalue weighted by Crippen LogP contribution is -2.45. The number of likely N-dealkylation sites (N-methyl/N-ethyl adjacent to an activating group) is 1. The second kappa shape index (κ2) is 10.1. The number of hydrogen-bond acceptors (Lipinski definition) is 7. The Kier molecular flexibility index (Phi) is 7.02. The van der Waals surface area contributed by atoms with Crippen LogP contribution >= 0.6 is 0 Å². The molecule has 1 aliphatic heterocycles. The number of fused-ring (bicyclic) bond motifs is 1. The molecule has 3 aromatic rings. The van der Waals surface area contributed by atoms with Gasteiger partial charge in [0.1, 0.15) is 18.7 Å². The number of piperazine rings is 1. The summed E-state index contributed by atoms with van der Waals surface area (Å²) in [5.74, 6) is 0.245. The Morgan fingerprint density at radius 2 is 1.91 bits per heavy atom. The van der Waals surface area contributed by atoms with E-state index < -0.39 is 5.91 Å². The summed E-state index contributed by atoms with van der Waals surface area (Å²) in [5.41, 5.74) is 4.46. The number of rotatable bonds is 7. The zero-order valence-corrected chi connectivity index (χ0v) is 19.2. The minimum absolute atomic E-state index is 0.225. The van der Waals surface area contributed by atoms with Crippen LogP contribution in [0.4, 0.5) is 0 Å². The van der Waals surface area contributed by atoms with Gasteiger partial charge in [-0.1, -0.05) is 6.07 Å². The number of hydrogen-bond donors (Lipinski definition) is 1. The van der Waals surface area contributed by atoms with E-state index in [1.54, 1.807) is 30.3 Å². The van der Waals surface area contributed by atoms with Crippen molar-refractivity contribution in [2.75, 3.05) is 53.5 Å². The number of aryl methyl sites for hydroxylation is 1. The first-order valence-electron chi connectivity index (χ1n) is 11.0. The van der Waals surface area contributed by atoms with E-state index >= 15 is 0 Å². The Labute approximate surface area is 192 Å². The SMILES string of the molecule is CONC(=O)c1ccc(C)c(-n2cnc3ccc(OCCN4CCN(C)CC4)cc3c2=O)c1. The van der Waals surface area contributed by atoms with Gasteiger partial charge in [0.25, 0.3) is 11.5 Å². The summed E-state index contributed by atoms with van der Waals surface area (Å²) in [6.45, 7) is 7.48. The zero-order valence-electron chi connectivity index (χ0n) is 19.2. The van der Waals surface area contributed by atoms with Crippen molar-refractivity contribution >= 4 is 16.8 Å². The summed E-state index contributed by atoms with van der Waals surface area (Å²) >= 11 is 0. The Balaban J connectivity index is 1.56. The molecule has 1 N–H and O–H groups in total. The predicted molar refractivity (Wildman–Crippen MR) is 126 cm³/mol. The second-order valence-corrected chi connectivity index (χ2v) is 8.23. The molecule has 0 saturated carbocycles. The summed E-state index contributed by atoms with van der Waals surface area (Å²) in [7, 11) is 3.51. The number of amides is 1. The van der Waals surface area contributed by atoms with Crippen LogP contribution in [-0.4, -0.2) is 78.7 Å². The summed E-state index contributed by atoms with van der Waals surface area (Å²) in [6.07, 6.45) is 1.49. The van der Waals surface area contributed by atoms with Crippen LogP contribution in [0.3, 0.4) is 0 Å². The Hall–Kier alpha value is -3.27. The van der Waals surface area contributed by atoms with Crippen LogP contribution in [-0.2, 0) is 4.84 Å². The molecule has 33 heavy (non-hydrogen) atoms. The van der Waals surface area contributed by atoms with Crippen LogP contribution in [0.1, 0.15) is 15.9 Å². The Morgan fingerprint density at radius 1 is 1.12 bits per heavy atom. The van der Waals surface area contributed by atoms with Gasteiger partial charge in [0.15, 0.2) is 0 Å². The molecule has 9 heteroatoms. The number of carbonyl (C=O) groups excluding carboxylic acids is 1. The summed E-state index contributed by atoms with van der Waals surface area (Å²) in [4.78, 5) is 39.3. The smallest absolute Gasteiger partial charge is 0.274 e. The van der Waals surface area contributed by atoms with E-state index in [0.29, 0.717) is 34.5 Å². The fourth-order valence-corrected chi connectivity index (χ4v) is 3.89. The van der Waals surface area contributed by atoms with Gasteiger partial charge < -0.3 is 9.64 Å². The Morgan fingerprint density at radius 3 is 2.67 bits per heavy atom. The van der Waals surface area contributed by atoms with Gasteiger partial charge >= 0.3 is 0 Å². The van der Waals surface area contributed by atoms with E-state index in [1.807, 2.05) is 13.0 Å². The summed E-state index contributed by atoms with van der Waals surface area (Å²) < 4.78 is 7.40. The number of hydroxylamine groups is 1. The van der Waals surface area contributed by atoms with Gasteiger partial charge in [0.2, 0.25) is 0 Å². The molecule has 0 unspecified atom stereocenters. The average molecular weight is 452 g/mol. The Bertz CT molecular complexity index is 1200. The number of benzene rings is 2. The van der Waals surface area contributed by atoms with Crippen LogP contribution in [0.5, 0.6) is 5.75 Å².